The summed E-state index contributed by atoms with van der Waals surface area (Å²) in [5.41, 5.74) is 0. The van der Waals surface area contributed by atoms with Crippen molar-refractivity contribution in [2.75, 3.05) is 0 Å². The summed E-state index contributed by atoms with van der Waals surface area (Å²) in [5.74, 6) is 0. The Morgan fingerprint density at radius 3 is 1.10 bits per heavy atom. The molecule has 0 aliphatic carbocycles. The Labute approximate surface area is 85.4 Å². The first kappa shape index (κ1) is 12.2. The van der Waals surface area contributed by atoms with Crippen LogP contribution in [0.5, 0.6) is 0 Å². The van der Waals surface area contributed by atoms with Crippen LogP contribution in [-0.4, -0.2) is 9.11 Å². The lowest BCUT2D eigenvalue weighted by molar-refractivity contribution is 0.666. The summed E-state index contributed by atoms with van der Waals surface area (Å²) in [5, 5.41) is 0. The van der Waals surface area contributed by atoms with Gasteiger partial charge in [-0.05, 0) is 44.8 Å². The first-order valence-electron chi connectivity index (χ1n) is 1.53. The number of hydrogen-bond acceptors (Lipinski definition) is 6. The number of hydrogen-bond donors (Lipinski definition) is 2. The molecular weight excluding hydrogens is 289 g/mol. The van der Waals surface area contributed by atoms with E-state index in [1.165, 1.54) is 0 Å². The van der Waals surface area contributed by atoms with Crippen LogP contribution in [-0.2, 0) is 57.7 Å². The van der Waals surface area contributed by atoms with Crippen molar-refractivity contribution in [3.8, 4) is 0 Å². The summed E-state index contributed by atoms with van der Waals surface area (Å²) >= 11 is 17.8. The second-order valence-electron chi connectivity index (χ2n) is 0.992. The van der Waals surface area contributed by atoms with Gasteiger partial charge in [-0.3, -0.25) is 0 Å². The molecule has 0 aromatic heterocycles. The molecule has 2 N–H and O–H groups in total. The standard InChI is InChI=1S/H2O2S8/c1-9(3,4)7-8-10(2,5)6/h(H,1,3,4)(H,2,5,6). The third kappa shape index (κ3) is 10.2. The zero-order valence-corrected chi connectivity index (χ0v) is 10.7. The summed E-state index contributed by atoms with van der Waals surface area (Å²) in [6.45, 7) is -4.97. The Morgan fingerprint density at radius 1 is 0.800 bits per heavy atom. The smallest absolute Gasteiger partial charge is 0.0795 e. The fraction of sp³-hybridized carbons (Fsp3) is 0. The fourth-order valence-corrected chi connectivity index (χ4v) is 13.0. The average Bonchev–Trinajstić information content (AvgIpc) is 1.57. The van der Waals surface area contributed by atoms with Gasteiger partial charge < -0.3 is 9.11 Å². The molecule has 2 nitrogen and oxygen atoms in total. The molecule has 0 aromatic rings. The van der Waals surface area contributed by atoms with E-state index in [-0.39, 0.29) is 0 Å². The quantitative estimate of drug-likeness (QED) is 0.754. The van der Waals surface area contributed by atoms with Crippen LogP contribution >= 0.6 is 19.7 Å². The van der Waals surface area contributed by atoms with Crippen LogP contribution in [0.4, 0.5) is 0 Å². The van der Waals surface area contributed by atoms with E-state index in [9.17, 15) is 0 Å². The van der Waals surface area contributed by atoms with E-state index >= 15 is 0 Å². The molecule has 0 radical (unpaired) electrons. The molecule has 0 saturated heterocycles. The second-order valence-corrected chi connectivity index (χ2v) is 18.7. The van der Waals surface area contributed by atoms with Crippen LogP contribution in [0.25, 0.3) is 0 Å². The van der Waals surface area contributed by atoms with E-state index in [0.717, 1.165) is 19.7 Å². The average molecular weight is 291 g/mol. The highest BCUT2D eigenvalue weighted by Crippen LogP contribution is 2.32. The van der Waals surface area contributed by atoms with E-state index in [0.29, 0.717) is 0 Å². The van der Waals surface area contributed by atoms with Crippen molar-refractivity contribution in [3.63, 3.8) is 0 Å². The Bertz CT molecular complexity index is 243. The molecule has 0 spiro atoms. The maximum atomic E-state index is 8.85. The van der Waals surface area contributed by atoms with Crippen molar-refractivity contribution in [2.45, 2.75) is 0 Å². The van der Waals surface area contributed by atoms with E-state index in [2.05, 4.69) is 44.8 Å². The van der Waals surface area contributed by atoms with Crippen molar-refractivity contribution in [3.05, 3.63) is 0 Å². The third-order valence-electron chi connectivity index (χ3n) is 0.200. The molecule has 0 atom stereocenters. The summed E-state index contributed by atoms with van der Waals surface area (Å²) in [4.78, 5) is 0. The van der Waals surface area contributed by atoms with Crippen molar-refractivity contribution >= 4 is 77.3 Å². The highest BCUT2D eigenvalue weighted by Gasteiger charge is 2.02. The molecule has 10 heteroatoms. The molecule has 0 saturated carbocycles. The lowest BCUT2D eigenvalue weighted by Crippen LogP contribution is -1.85. The van der Waals surface area contributed by atoms with Gasteiger partial charge in [0.25, 0.3) is 0 Å². The summed E-state index contributed by atoms with van der Waals surface area (Å²) < 4.78 is 17.7. The van der Waals surface area contributed by atoms with Crippen molar-refractivity contribution < 1.29 is 9.11 Å². The van der Waals surface area contributed by atoms with Crippen LogP contribution in [0.1, 0.15) is 0 Å². The van der Waals surface area contributed by atoms with Gasteiger partial charge in [-0.15, -0.1) is 0 Å². The first-order valence-corrected chi connectivity index (χ1v) is 11.6. The zero-order valence-electron chi connectivity index (χ0n) is 4.16. The molecule has 10 heavy (non-hydrogen) atoms. The van der Waals surface area contributed by atoms with Gasteiger partial charge in [-0.1, -0.05) is 0 Å². The maximum Gasteiger partial charge on any atom is 0.0795 e. The Kier molecular flexibility index (Phi) is 5.42. The topological polar surface area (TPSA) is 40.5 Å². The second kappa shape index (κ2) is 4.44. The minimum Gasteiger partial charge on any atom is -0.317 e. The highest BCUT2D eigenvalue weighted by molar-refractivity contribution is 9.34. The van der Waals surface area contributed by atoms with E-state index in [1.54, 1.807) is 0 Å². The van der Waals surface area contributed by atoms with E-state index in [4.69, 9.17) is 9.11 Å². The molecular formula is H2O2S8. The molecule has 0 bridgehead atoms. The predicted octanol–water partition coefficient (Wildman–Crippen LogP) is 1.30. The maximum absolute atomic E-state index is 8.85. The third-order valence-corrected chi connectivity index (χ3v) is 12.9. The SMILES string of the molecule is OS(=S)(=S)SSS(O)(=S)=S. The first-order chi connectivity index (χ1) is 4.21. The summed E-state index contributed by atoms with van der Waals surface area (Å²) in [7, 11) is 1.61. The summed E-state index contributed by atoms with van der Waals surface area (Å²) in [6.07, 6.45) is 0. The van der Waals surface area contributed by atoms with Crippen molar-refractivity contribution in [2.24, 2.45) is 0 Å². The Hall–Kier alpha value is 2.20. The molecule has 0 amide bonds. The van der Waals surface area contributed by atoms with Crippen LogP contribution < -0.4 is 0 Å². The van der Waals surface area contributed by atoms with Gasteiger partial charge in [0.15, 0.2) is 0 Å². The van der Waals surface area contributed by atoms with Crippen LogP contribution in [0.3, 0.4) is 0 Å². The minimum atomic E-state index is -2.48. The number of rotatable bonds is 3. The van der Waals surface area contributed by atoms with Crippen LogP contribution in [0.15, 0.2) is 0 Å². The van der Waals surface area contributed by atoms with Gasteiger partial charge in [0.1, 0.15) is 0 Å². The molecule has 0 aromatic carbocycles. The largest absolute Gasteiger partial charge is 0.317 e. The molecule has 0 heterocycles. The zero-order chi connectivity index (χ0) is 8.41. The Morgan fingerprint density at radius 2 is 1.00 bits per heavy atom. The highest BCUT2D eigenvalue weighted by atomic mass is 33.9. The molecule has 0 fully saturated rings. The predicted molar refractivity (Wildman–Crippen MR) is 64.6 cm³/mol. The van der Waals surface area contributed by atoms with Crippen LogP contribution in [0.2, 0.25) is 0 Å². The van der Waals surface area contributed by atoms with Gasteiger partial charge in [0.05, 0.1) is 12.9 Å². The molecule has 0 rings (SSSR count). The molecule has 0 unspecified atom stereocenters. The van der Waals surface area contributed by atoms with Gasteiger partial charge in [0, 0.05) is 19.7 Å². The summed E-state index contributed by atoms with van der Waals surface area (Å²) in [6, 6.07) is 0. The molecule has 0 aliphatic heterocycles. The normalized spacial score (nSPS) is 13.4. The lowest BCUT2D eigenvalue weighted by Gasteiger charge is -2.00. The monoisotopic (exact) mass is 290 g/mol. The van der Waals surface area contributed by atoms with Gasteiger partial charge >= 0.3 is 0 Å². The minimum absolute atomic E-state index is 0.804. The van der Waals surface area contributed by atoms with Gasteiger partial charge in [0.2, 0.25) is 0 Å². The van der Waals surface area contributed by atoms with E-state index < -0.39 is 12.9 Å². The van der Waals surface area contributed by atoms with E-state index in [1.807, 2.05) is 0 Å². The fourth-order valence-electron chi connectivity index (χ4n) is 0.0702. The van der Waals surface area contributed by atoms with Crippen molar-refractivity contribution in [1.82, 2.24) is 0 Å². The Balaban J connectivity index is 4.05. The van der Waals surface area contributed by atoms with Crippen LogP contribution in [0, 0.1) is 0 Å². The van der Waals surface area contributed by atoms with Gasteiger partial charge in [-0.2, -0.15) is 0 Å². The molecule has 62 valence electrons. The van der Waals surface area contributed by atoms with Gasteiger partial charge in [-0.25, -0.2) is 0 Å². The van der Waals surface area contributed by atoms with Crippen molar-refractivity contribution in [1.29, 1.82) is 0 Å². The lowest BCUT2D eigenvalue weighted by atomic mass is 15.9. The molecule has 0 aliphatic rings.